The van der Waals surface area contributed by atoms with Crippen molar-refractivity contribution in [3.8, 4) is 5.75 Å². The van der Waals surface area contributed by atoms with Crippen LogP contribution in [0.2, 0.25) is 30.7 Å². The molecule has 1 fully saturated rings. The first-order valence-electron chi connectivity index (χ1n) is 13.9. The van der Waals surface area contributed by atoms with Crippen molar-refractivity contribution in [3.05, 3.63) is 71.0 Å². The maximum Gasteiger partial charge on any atom is 0.183 e. The lowest BCUT2D eigenvalue weighted by molar-refractivity contribution is 0.0788. The molecule has 218 valence electrons. The predicted molar refractivity (Wildman–Crippen MR) is 158 cm³/mol. The largest absolute Gasteiger partial charge is 0.487 e. The Kier molecular flexibility index (Phi) is 9.00. The number of pyridine rings is 1. The van der Waals surface area contributed by atoms with Crippen LogP contribution in [0.5, 0.6) is 5.75 Å². The number of ether oxygens (including phenoxy) is 2. The normalized spacial score (nSPS) is 19.3. The van der Waals surface area contributed by atoms with E-state index in [0.717, 1.165) is 43.9 Å². The molecule has 1 aromatic carbocycles. The highest BCUT2D eigenvalue weighted by molar-refractivity contribution is 6.76. The van der Waals surface area contributed by atoms with E-state index in [1.54, 1.807) is 16.8 Å². The highest BCUT2D eigenvalue weighted by Gasteiger charge is 2.41. The molecule has 3 heterocycles. The van der Waals surface area contributed by atoms with Crippen molar-refractivity contribution in [2.45, 2.75) is 76.0 Å². The Morgan fingerprint density at radius 1 is 1.15 bits per heavy atom. The molecule has 0 radical (unpaired) electrons. The van der Waals surface area contributed by atoms with Crippen molar-refractivity contribution in [2.24, 2.45) is 0 Å². The summed E-state index contributed by atoms with van der Waals surface area (Å²) in [6.45, 7) is 8.19. The minimum Gasteiger partial charge on any atom is -0.487 e. The zero-order valence-electron chi connectivity index (χ0n) is 23.6. The minimum atomic E-state index is -1.11. The number of nitrogens with zero attached hydrogens (tertiary/aromatic N) is 6. The van der Waals surface area contributed by atoms with Crippen LogP contribution in [0.4, 0.5) is 16.0 Å². The lowest BCUT2D eigenvalue weighted by atomic mass is 9.69. The lowest BCUT2D eigenvalue weighted by Gasteiger charge is -2.38. The number of hydrogen-bond donors (Lipinski definition) is 2. The van der Waals surface area contributed by atoms with E-state index in [9.17, 15) is 4.39 Å². The van der Waals surface area contributed by atoms with Crippen molar-refractivity contribution in [2.75, 3.05) is 11.9 Å². The average molecular weight is 599 g/mol. The van der Waals surface area contributed by atoms with Crippen LogP contribution >= 0.6 is 11.6 Å². The van der Waals surface area contributed by atoms with Gasteiger partial charge in [-0.25, -0.2) is 14.1 Å². The maximum atomic E-state index is 14.4. The molecule has 10 nitrogen and oxygen atoms in total. The molecule has 0 aliphatic heterocycles. The second-order valence-corrected chi connectivity index (χ2v) is 17.9. The average Bonchev–Trinajstić information content (AvgIpc) is 3.64. The smallest absolute Gasteiger partial charge is 0.183 e. The number of hydrogen-bond acceptors (Lipinski definition) is 8. The zero-order chi connectivity index (χ0) is 28.9. The predicted octanol–water partition coefficient (Wildman–Crippen LogP) is 6.14. The summed E-state index contributed by atoms with van der Waals surface area (Å²) >= 11 is 5.93. The van der Waals surface area contributed by atoms with E-state index >= 15 is 0 Å². The molecular weight excluding hydrogens is 563 g/mol. The first-order chi connectivity index (χ1) is 19.7. The summed E-state index contributed by atoms with van der Waals surface area (Å²) in [6.07, 6.45) is 7.29. The number of H-pyrrole nitrogens is 1. The second kappa shape index (κ2) is 12.7. The Hall–Kier alpha value is -3.35. The van der Waals surface area contributed by atoms with Crippen molar-refractivity contribution in [3.63, 3.8) is 0 Å². The Balaban J connectivity index is 1.18. The molecule has 0 atom stereocenters. The van der Waals surface area contributed by atoms with Gasteiger partial charge in [-0.2, -0.15) is 10.3 Å². The number of aromatic nitrogens is 7. The fraction of sp³-hybridized carbons (Fsp3) is 0.464. The van der Waals surface area contributed by atoms with E-state index in [2.05, 4.69) is 61.7 Å². The third-order valence-electron chi connectivity index (χ3n) is 7.40. The first-order valence-corrected chi connectivity index (χ1v) is 18.0. The van der Waals surface area contributed by atoms with Crippen molar-refractivity contribution < 1.29 is 13.9 Å². The number of tetrazole rings is 1. The van der Waals surface area contributed by atoms with Crippen LogP contribution in [0.1, 0.15) is 37.1 Å². The molecule has 0 bridgehead atoms. The zero-order valence-corrected chi connectivity index (χ0v) is 25.4. The summed E-state index contributed by atoms with van der Waals surface area (Å²) in [5, 5.41) is 22.9. The summed E-state index contributed by atoms with van der Waals surface area (Å²) in [7, 11) is -1.11. The molecule has 41 heavy (non-hydrogen) atoms. The van der Waals surface area contributed by atoms with Gasteiger partial charge in [0.2, 0.25) is 0 Å². The topological polar surface area (TPSA) is 116 Å². The molecule has 1 saturated carbocycles. The third kappa shape index (κ3) is 7.69. The Bertz CT molecular complexity index is 1400. The van der Waals surface area contributed by atoms with E-state index in [4.69, 9.17) is 21.1 Å². The standard InChI is InChI=1S/C28H36ClFN8O2Si/c1-41(2,3)16-15-39-19-38-14-11-25(35-38)32-24-8-7-20(18-31-24)17-28(27-33-36-37-34-27)12-9-21(10-13-28)40-23-6-4-5-22(29)26(23)30/h4-8,11,14,18,21H,9-10,12-13,15-17,19H2,1-3H3,(H,31,32,35)(H,33,34,36,37). The van der Waals surface area contributed by atoms with Gasteiger partial charge in [0.05, 0.1) is 11.1 Å². The van der Waals surface area contributed by atoms with Crippen LogP contribution in [0.25, 0.3) is 0 Å². The summed E-state index contributed by atoms with van der Waals surface area (Å²) < 4.78 is 27.9. The minimum absolute atomic E-state index is 0.0557. The van der Waals surface area contributed by atoms with Crippen molar-refractivity contribution in [1.29, 1.82) is 0 Å². The Morgan fingerprint density at radius 3 is 2.68 bits per heavy atom. The van der Waals surface area contributed by atoms with Crippen LogP contribution in [0.15, 0.2) is 48.8 Å². The Morgan fingerprint density at radius 2 is 1.98 bits per heavy atom. The van der Waals surface area contributed by atoms with Gasteiger partial charge in [-0.15, -0.1) is 10.2 Å². The molecule has 2 N–H and O–H groups in total. The molecule has 3 aromatic heterocycles. The molecular formula is C28H36ClFN8O2Si. The summed E-state index contributed by atoms with van der Waals surface area (Å²) in [4.78, 5) is 4.62. The fourth-order valence-electron chi connectivity index (χ4n) is 5.04. The van der Waals surface area contributed by atoms with Crippen LogP contribution < -0.4 is 10.1 Å². The summed E-state index contributed by atoms with van der Waals surface area (Å²) in [5.41, 5.74) is 0.729. The quantitative estimate of drug-likeness (QED) is 0.147. The van der Waals surface area contributed by atoms with E-state index in [1.165, 1.54) is 6.07 Å². The van der Waals surface area contributed by atoms with E-state index in [1.807, 2.05) is 24.5 Å². The van der Waals surface area contributed by atoms with Crippen LogP contribution in [-0.4, -0.2) is 56.2 Å². The van der Waals surface area contributed by atoms with Gasteiger partial charge < -0.3 is 14.8 Å². The van der Waals surface area contributed by atoms with Gasteiger partial charge in [0.25, 0.3) is 0 Å². The molecule has 13 heteroatoms. The first kappa shape index (κ1) is 29.1. The molecule has 5 rings (SSSR count). The van der Waals surface area contributed by atoms with E-state index in [-0.39, 0.29) is 22.3 Å². The monoisotopic (exact) mass is 598 g/mol. The maximum absolute atomic E-state index is 14.4. The SMILES string of the molecule is C[Si](C)(C)CCOCn1ccc(Nc2ccc(CC3(c4nn[nH]n4)CCC(Oc4cccc(Cl)c4F)CC3)cn2)n1. The van der Waals surface area contributed by atoms with Crippen LogP contribution in [0, 0.1) is 5.82 Å². The number of anilines is 2. The molecule has 1 aliphatic carbocycles. The van der Waals surface area contributed by atoms with Crippen molar-refractivity contribution >= 4 is 31.3 Å². The van der Waals surface area contributed by atoms with Gasteiger partial charge in [-0.05, 0) is 61.9 Å². The molecule has 0 saturated heterocycles. The highest BCUT2D eigenvalue weighted by atomic mass is 35.5. The van der Waals surface area contributed by atoms with Crippen molar-refractivity contribution in [1.82, 2.24) is 35.4 Å². The molecule has 1 aliphatic rings. The molecule has 0 spiro atoms. The van der Waals surface area contributed by atoms with E-state index in [0.29, 0.717) is 30.6 Å². The summed E-state index contributed by atoms with van der Waals surface area (Å²) in [5.74, 6) is 1.73. The highest BCUT2D eigenvalue weighted by Crippen LogP contribution is 2.42. The van der Waals surface area contributed by atoms with Crippen LogP contribution in [0.3, 0.4) is 0 Å². The molecule has 0 amide bonds. The summed E-state index contributed by atoms with van der Waals surface area (Å²) in [6, 6.07) is 11.8. The van der Waals surface area contributed by atoms with Gasteiger partial charge in [-0.3, -0.25) is 0 Å². The van der Waals surface area contributed by atoms with Gasteiger partial charge in [0.15, 0.2) is 23.2 Å². The number of rotatable bonds is 12. The lowest BCUT2D eigenvalue weighted by Crippen LogP contribution is -2.38. The number of nitrogens with one attached hydrogen (secondary N) is 2. The van der Waals surface area contributed by atoms with E-state index < -0.39 is 13.9 Å². The fourth-order valence-corrected chi connectivity index (χ4v) is 5.97. The van der Waals surface area contributed by atoms with Gasteiger partial charge in [-0.1, -0.05) is 48.6 Å². The molecule has 0 unspecified atom stereocenters. The number of aromatic amines is 1. The molecule has 4 aromatic rings. The second-order valence-electron chi connectivity index (χ2n) is 11.8. The number of benzene rings is 1. The Labute approximate surface area is 245 Å². The van der Waals surface area contributed by atoms with Gasteiger partial charge >= 0.3 is 0 Å². The van der Waals surface area contributed by atoms with Gasteiger partial charge in [0.1, 0.15) is 12.5 Å². The van der Waals surface area contributed by atoms with Gasteiger partial charge in [0, 0.05) is 38.6 Å². The third-order valence-corrected chi connectivity index (χ3v) is 9.40. The number of halogens is 2. The van der Waals surface area contributed by atoms with Crippen LogP contribution in [-0.2, 0) is 23.3 Å².